The number of aliphatic hydroxyl groups is 1. The molecular formula is C10H17N3O2. The quantitative estimate of drug-likeness (QED) is 0.681. The summed E-state index contributed by atoms with van der Waals surface area (Å²) in [6, 6.07) is 0. The highest BCUT2D eigenvalue weighted by Crippen LogP contribution is 2.11. The molecule has 15 heavy (non-hydrogen) atoms. The van der Waals surface area contributed by atoms with Crippen LogP contribution in [0.15, 0.2) is 6.20 Å². The van der Waals surface area contributed by atoms with Crippen molar-refractivity contribution >= 4 is 11.7 Å². The fourth-order valence-electron chi connectivity index (χ4n) is 1.23. The minimum atomic E-state index is -0.442. The van der Waals surface area contributed by atoms with E-state index in [1.165, 1.54) is 0 Å². The number of H-pyrrole nitrogens is 1. The number of rotatable bonds is 5. The van der Waals surface area contributed by atoms with Gasteiger partial charge < -0.3 is 10.4 Å². The van der Waals surface area contributed by atoms with Crippen molar-refractivity contribution in [1.29, 1.82) is 0 Å². The number of hydrogen-bond acceptors (Lipinski definition) is 3. The van der Waals surface area contributed by atoms with E-state index in [1.807, 2.05) is 6.92 Å². The van der Waals surface area contributed by atoms with E-state index in [1.54, 1.807) is 13.1 Å². The van der Waals surface area contributed by atoms with Gasteiger partial charge in [-0.3, -0.25) is 9.89 Å². The second kappa shape index (κ2) is 5.50. The molecule has 0 saturated heterocycles. The predicted molar refractivity (Wildman–Crippen MR) is 57.5 cm³/mol. The minimum absolute atomic E-state index is 0.102. The normalized spacial score (nSPS) is 12.5. The molecule has 0 spiro atoms. The Balaban J connectivity index is 2.44. The number of amides is 1. The molecule has 1 aromatic rings. The van der Waals surface area contributed by atoms with E-state index in [2.05, 4.69) is 15.5 Å². The number of carbonyl (C=O) groups is 1. The molecule has 0 radical (unpaired) electrons. The third kappa shape index (κ3) is 3.71. The highest BCUT2D eigenvalue weighted by molar-refractivity contribution is 5.90. The van der Waals surface area contributed by atoms with Crippen molar-refractivity contribution in [2.45, 2.75) is 39.2 Å². The first kappa shape index (κ1) is 11.7. The van der Waals surface area contributed by atoms with Gasteiger partial charge in [-0.1, -0.05) is 6.92 Å². The van der Waals surface area contributed by atoms with E-state index in [0.717, 1.165) is 12.0 Å². The summed E-state index contributed by atoms with van der Waals surface area (Å²) in [5.74, 6) is 0.558. The lowest BCUT2D eigenvalue weighted by atomic mass is 10.2. The van der Waals surface area contributed by atoms with Gasteiger partial charge in [0.1, 0.15) is 5.82 Å². The van der Waals surface area contributed by atoms with Gasteiger partial charge in [-0.05, 0) is 19.8 Å². The third-order valence-electron chi connectivity index (χ3n) is 2.15. The summed E-state index contributed by atoms with van der Waals surface area (Å²) in [6.45, 7) is 3.66. The van der Waals surface area contributed by atoms with Gasteiger partial charge in [0.2, 0.25) is 5.91 Å². The van der Waals surface area contributed by atoms with Crippen LogP contribution in [-0.2, 0) is 11.2 Å². The van der Waals surface area contributed by atoms with Gasteiger partial charge in [-0.15, -0.1) is 0 Å². The number of nitrogens with one attached hydrogen (secondary N) is 2. The summed E-state index contributed by atoms with van der Waals surface area (Å²) < 4.78 is 0. The van der Waals surface area contributed by atoms with Crippen molar-refractivity contribution in [2.75, 3.05) is 5.32 Å². The monoisotopic (exact) mass is 211 g/mol. The Bertz CT molecular complexity index is 320. The van der Waals surface area contributed by atoms with E-state index < -0.39 is 6.10 Å². The number of aliphatic hydroxyl groups excluding tert-OH is 1. The topological polar surface area (TPSA) is 78.0 Å². The fourth-order valence-corrected chi connectivity index (χ4v) is 1.23. The summed E-state index contributed by atoms with van der Waals surface area (Å²) in [5.41, 5.74) is 0.986. The number of nitrogens with zero attached hydrogens (tertiary/aromatic N) is 1. The lowest BCUT2D eigenvalue weighted by Crippen LogP contribution is -2.15. The van der Waals surface area contributed by atoms with Gasteiger partial charge in [0.05, 0.1) is 12.3 Å². The van der Waals surface area contributed by atoms with Crippen LogP contribution in [0.3, 0.4) is 0 Å². The molecule has 1 amide bonds. The Kier molecular flexibility index (Phi) is 4.30. The molecule has 1 unspecified atom stereocenters. The van der Waals surface area contributed by atoms with Crippen LogP contribution in [0, 0.1) is 0 Å². The summed E-state index contributed by atoms with van der Waals surface area (Å²) in [4.78, 5) is 11.4. The molecule has 3 N–H and O–H groups in total. The van der Waals surface area contributed by atoms with Gasteiger partial charge >= 0.3 is 0 Å². The van der Waals surface area contributed by atoms with Crippen LogP contribution in [0.2, 0.25) is 0 Å². The number of aryl methyl sites for hydroxylation is 1. The molecule has 0 aliphatic carbocycles. The third-order valence-corrected chi connectivity index (χ3v) is 2.15. The average Bonchev–Trinajstić information content (AvgIpc) is 2.62. The molecule has 84 valence electrons. The van der Waals surface area contributed by atoms with E-state index >= 15 is 0 Å². The van der Waals surface area contributed by atoms with Crippen LogP contribution in [0.25, 0.3) is 0 Å². The van der Waals surface area contributed by atoms with Crippen molar-refractivity contribution in [2.24, 2.45) is 0 Å². The van der Waals surface area contributed by atoms with Gasteiger partial charge in [0.15, 0.2) is 0 Å². The highest BCUT2D eigenvalue weighted by atomic mass is 16.3. The van der Waals surface area contributed by atoms with Gasteiger partial charge in [-0.25, -0.2) is 0 Å². The Labute approximate surface area is 88.9 Å². The smallest absolute Gasteiger partial charge is 0.225 e. The molecule has 0 fully saturated rings. The molecule has 1 atom stereocenters. The zero-order valence-corrected chi connectivity index (χ0v) is 9.08. The maximum atomic E-state index is 11.4. The van der Waals surface area contributed by atoms with Crippen molar-refractivity contribution in [1.82, 2.24) is 10.2 Å². The van der Waals surface area contributed by atoms with Crippen LogP contribution >= 0.6 is 0 Å². The van der Waals surface area contributed by atoms with Crippen LogP contribution in [-0.4, -0.2) is 27.3 Å². The summed E-state index contributed by atoms with van der Waals surface area (Å²) in [6.07, 6.45) is 2.87. The van der Waals surface area contributed by atoms with Crippen LogP contribution in [0.1, 0.15) is 32.3 Å². The van der Waals surface area contributed by atoms with Crippen LogP contribution in [0.5, 0.6) is 0 Å². The number of aromatic nitrogens is 2. The lowest BCUT2D eigenvalue weighted by Gasteiger charge is -2.05. The summed E-state index contributed by atoms with van der Waals surface area (Å²) >= 11 is 0. The van der Waals surface area contributed by atoms with E-state index in [-0.39, 0.29) is 5.91 Å². The maximum Gasteiger partial charge on any atom is 0.225 e. The van der Waals surface area contributed by atoms with Crippen molar-refractivity contribution in [3.05, 3.63) is 11.8 Å². The highest BCUT2D eigenvalue weighted by Gasteiger charge is 2.08. The molecule has 0 aromatic carbocycles. The first-order valence-electron chi connectivity index (χ1n) is 5.13. The van der Waals surface area contributed by atoms with E-state index in [0.29, 0.717) is 18.7 Å². The lowest BCUT2D eigenvalue weighted by molar-refractivity contribution is -0.116. The second-order valence-electron chi connectivity index (χ2n) is 3.56. The Morgan fingerprint density at radius 2 is 2.47 bits per heavy atom. The molecule has 5 nitrogen and oxygen atoms in total. The SMILES string of the molecule is CCc1cn[nH]c1NC(=O)CCC(C)O. The molecular weight excluding hydrogens is 194 g/mol. The first-order chi connectivity index (χ1) is 7.13. The Hall–Kier alpha value is -1.36. The zero-order valence-electron chi connectivity index (χ0n) is 9.08. The van der Waals surface area contributed by atoms with E-state index in [4.69, 9.17) is 5.11 Å². The second-order valence-corrected chi connectivity index (χ2v) is 3.56. The molecule has 0 saturated carbocycles. The number of carbonyl (C=O) groups excluding carboxylic acids is 1. The van der Waals surface area contributed by atoms with Crippen molar-refractivity contribution in [3.63, 3.8) is 0 Å². The number of anilines is 1. The molecule has 1 rings (SSSR count). The van der Waals surface area contributed by atoms with Crippen LogP contribution in [0.4, 0.5) is 5.82 Å². The Morgan fingerprint density at radius 1 is 1.73 bits per heavy atom. The van der Waals surface area contributed by atoms with Gasteiger partial charge in [0.25, 0.3) is 0 Å². The molecule has 0 aliphatic heterocycles. The molecule has 0 aliphatic rings. The van der Waals surface area contributed by atoms with Crippen LogP contribution < -0.4 is 5.32 Å². The largest absolute Gasteiger partial charge is 0.393 e. The molecule has 0 bridgehead atoms. The predicted octanol–water partition coefficient (Wildman–Crippen LogP) is 1.07. The standard InChI is InChI=1S/C10H17N3O2/c1-3-8-6-11-13-10(8)12-9(15)5-4-7(2)14/h6-7,14H,3-5H2,1-2H3,(H2,11,12,13,15). The fraction of sp³-hybridized carbons (Fsp3) is 0.600. The maximum absolute atomic E-state index is 11.4. The summed E-state index contributed by atoms with van der Waals surface area (Å²) in [5, 5.41) is 18.3. The molecule has 1 heterocycles. The summed E-state index contributed by atoms with van der Waals surface area (Å²) in [7, 11) is 0. The first-order valence-corrected chi connectivity index (χ1v) is 5.13. The number of hydrogen-bond donors (Lipinski definition) is 3. The molecule has 5 heteroatoms. The Morgan fingerprint density at radius 3 is 3.07 bits per heavy atom. The van der Waals surface area contributed by atoms with Crippen molar-refractivity contribution in [3.8, 4) is 0 Å². The molecule has 1 aromatic heterocycles. The zero-order chi connectivity index (χ0) is 11.3. The van der Waals surface area contributed by atoms with Gasteiger partial charge in [-0.2, -0.15) is 5.10 Å². The van der Waals surface area contributed by atoms with E-state index in [9.17, 15) is 4.79 Å². The average molecular weight is 211 g/mol. The number of aromatic amines is 1. The van der Waals surface area contributed by atoms with Gasteiger partial charge in [0, 0.05) is 12.0 Å². The van der Waals surface area contributed by atoms with Crippen molar-refractivity contribution < 1.29 is 9.90 Å². The minimum Gasteiger partial charge on any atom is -0.393 e.